The van der Waals surface area contributed by atoms with Gasteiger partial charge >= 0.3 is 0 Å². The van der Waals surface area contributed by atoms with E-state index in [-0.39, 0.29) is 0 Å². The molecule has 0 aromatic rings. The van der Waals surface area contributed by atoms with Crippen molar-refractivity contribution in [2.24, 2.45) is 5.92 Å². The SMILES string of the molecule is C=C1CC(Br)CC2CCOC12. The fourth-order valence-corrected chi connectivity index (χ4v) is 3.03. The Labute approximate surface area is 75.9 Å². The molecule has 0 aromatic carbocycles. The third-order valence-corrected chi connectivity index (χ3v) is 3.36. The number of fused-ring (bicyclic) bond motifs is 1. The second kappa shape index (κ2) is 2.91. The first kappa shape index (κ1) is 7.81. The van der Waals surface area contributed by atoms with Crippen LogP contribution in [0.1, 0.15) is 19.3 Å². The molecule has 0 aromatic heterocycles. The second-order valence-corrected chi connectivity index (χ2v) is 4.83. The number of alkyl halides is 1. The number of hydrogen-bond acceptors (Lipinski definition) is 1. The fraction of sp³-hybridized carbons (Fsp3) is 0.778. The van der Waals surface area contributed by atoms with Crippen molar-refractivity contribution >= 4 is 15.9 Å². The summed E-state index contributed by atoms with van der Waals surface area (Å²) in [6, 6.07) is 0. The first-order valence-electron chi connectivity index (χ1n) is 4.20. The second-order valence-electron chi connectivity index (χ2n) is 3.54. The summed E-state index contributed by atoms with van der Waals surface area (Å²) in [4.78, 5) is 0.651. The smallest absolute Gasteiger partial charge is 0.0812 e. The molecular weight excluding hydrogens is 204 g/mol. The Hall–Kier alpha value is 0.180. The maximum absolute atomic E-state index is 5.60. The van der Waals surface area contributed by atoms with Crippen LogP contribution in [0.25, 0.3) is 0 Å². The minimum absolute atomic E-state index is 0.392. The summed E-state index contributed by atoms with van der Waals surface area (Å²) in [7, 11) is 0. The number of halogens is 1. The summed E-state index contributed by atoms with van der Waals surface area (Å²) in [6.45, 7) is 4.99. The van der Waals surface area contributed by atoms with E-state index in [9.17, 15) is 0 Å². The Morgan fingerprint density at radius 3 is 3.18 bits per heavy atom. The molecule has 0 amide bonds. The molecule has 3 unspecified atom stereocenters. The van der Waals surface area contributed by atoms with Crippen molar-refractivity contribution in [3.8, 4) is 0 Å². The molecule has 0 spiro atoms. The predicted molar refractivity (Wildman–Crippen MR) is 48.9 cm³/mol. The Kier molecular flexibility index (Phi) is 2.06. The van der Waals surface area contributed by atoms with Crippen molar-refractivity contribution in [1.82, 2.24) is 0 Å². The molecule has 1 nitrogen and oxygen atoms in total. The zero-order valence-electron chi connectivity index (χ0n) is 6.55. The molecule has 1 saturated carbocycles. The molecule has 2 aliphatic rings. The van der Waals surface area contributed by atoms with E-state index < -0.39 is 0 Å². The quantitative estimate of drug-likeness (QED) is 0.447. The molecule has 3 atom stereocenters. The highest BCUT2D eigenvalue weighted by Gasteiger charge is 2.36. The minimum atomic E-state index is 0.392. The van der Waals surface area contributed by atoms with Gasteiger partial charge in [-0.05, 0) is 30.8 Å². The van der Waals surface area contributed by atoms with Gasteiger partial charge in [-0.2, -0.15) is 0 Å². The molecule has 0 N–H and O–H groups in total. The fourth-order valence-electron chi connectivity index (χ4n) is 2.14. The van der Waals surface area contributed by atoms with E-state index in [2.05, 4.69) is 22.5 Å². The molecule has 1 aliphatic carbocycles. The third-order valence-electron chi connectivity index (χ3n) is 2.66. The summed E-state index contributed by atoms with van der Waals surface area (Å²) < 4.78 is 5.60. The van der Waals surface area contributed by atoms with Crippen molar-refractivity contribution < 1.29 is 4.74 Å². The Morgan fingerprint density at radius 1 is 1.55 bits per heavy atom. The zero-order chi connectivity index (χ0) is 7.84. The molecule has 2 rings (SSSR count). The van der Waals surface area contributed by atoms with Crippen LogP contribution in [0.2, 0.25) is 0 Å². The average Bonchev–Trinajstić information content (AvgIpc) is 2.34. The number of rotatable bonds is 0. The van der Waals surface area contributed by atoms with Crippen LogP contribution in [0.3, 0.4) is 0 Å². The standard InChI is InChI=1S/C9H13BrO/c1-6-4-8(10)5-7-2-3-11-9(6)7/h7-9H,1-5H2. The third kappa shape index (κ3) is 1.38. The van der Waals surface area contributed by atoms with Crippen LogP contribution in [-0.4, -0.2) is 17.5 Å². The van der Waals surface area contributed by atoms with Crippen LogP contribution in [-0.2, 0) is 4.74 Å². The maximum atomic E-state index is 5.60. The van der Waals surface area contributed by atoms with Crippen LogP contribution in [0.4, 0.5) is 0 Å². The topological polar surface area (TPSA) is 9.23 Å². The zero-order valence-corrected chi connectivity index (χ0v) is 8.14. The van der Waals surface area contributed by atoms with Gasteiger partial charge in [-0.1, -0.05) is 22.5 Å². The van der Waals surface area contributed by atoms with Gasteiger partial charge in [-0.25, -0.2) is 0 Å². The highest BCUT2D eigenvalue weighted by atomic mass is 79.9. The summed E-state index contributed by atoms with van der Waals surface area (Å²) in [5.41, 5.74) is 1.29. The molecule has 62 valence electrons. The van der Waals surface area contributed by atoms with Crippen LogP contribution in [0, 0.1) is 5.92 Å². The van der Waals surface area contributed by atoms with Gasteiger partial charge in [0.15, 0.2) is 0 Å². The lowest BCUT2D eigenvalue weighted by atomic mass is 9.83. The van der Waals surface area contributed by atoms with E-state index in [1.54, 1.807) is 0 Å². The molecule has 2 fully saturated rings. The highest BCUT2D eigenvalue weighted by Crippen LogP contribution is 2.39. The van der Waals surface area contributed by atoms with Gasteiger partial charge < -0.3 is 4.74 Å². The van der Waals surface area contributed by atoms with Gasteiger partial charge in [0.25, 0.3) is 0 Å². The molecule has 11 heavy (non-hydrogen) atoms. The van der Waals surface area contributed by atoms with E-state index >= 15 is 0 Å². The lowest BCUT2D eigenvalue weighted by Gasteiger charge is -2.29. The van der Waals surface area contributed by atoms with Gasteiger partial charge in [-0.15, -0.1) is 0 Å². The first-order valence-corrected chi connectivity index (χ1v) is 5.12. The summed E-state index contributed by atoms with van der Waals surface area (Å²) in [6.07, 6.45) is 3.99. The van der Waals surface area contributed by atoms with E-state index in [4.69, 9.17) is 4.74 Å². The van der Waals surface area contributed by atoms with E-state index in [0.717, 1.165) is 18.9 Å². The minimum Gasteiger partial charge on any atom is -0.374 e. The lowest BCUT2D eigenvalue weighted by molar-refractivity contribution is 0.106. The molecule has 0 bridgehead atoms. The van der Waals surface area contributed by atoms with Gasteiger partial charge in [0.1, 0.15) is 0 Å². The normalized spacial score (nSPS) is 44.1. The molecule has 1 aliphatic heterocycles. The van der Waals surface area contributed by atoms with Crippen LogP contribution in [0.5, 0.6) is 0 Å². The van der Waals surface area contributed by atoms with E-state index in [1.165, 1.54) is 18.4 Å². The first-order chi connectivity index (χ1) is 5.27. The van der Waals surface area contributed by atoms with Crippen molar-refractivity contribution in [1.29, 1.82) is 0 Å². The largest absolute Gasteiger partial charge is 0.374 e. The van der Waals surface area contributed by atoms with Crippen LogP contribution >= 0.6 is 15.9 Å². The van der Waals surface area contributed by atoms with Crippen molar-refractivity contribution in [3.05, 3.63) is 12.2 Å². The Morgan fingerprint density at radius 2 is 2.36 bits per heavy atom. The van der Waals surface area contributed by atoms with Crippen LogP contribution < -0.4 is 0 Å². The maximum Gasteiger partial charge on any atom is 0.0812 e. The van der Waals surface area contributed by atoms with Gasteiger partial charge in [0, 0.05) is 11.4 Å². The van der Waals surface area contributed by atoms with Crippen molar-refractivity contribution in [3.63, 3.8) is 0 Å². The van der Waals surface area contributed by atoms with Gasteiger partial charge in [0.2, 0.25) is 0 Å². The van der Waals surface area contributed by atoms with E-state index in [0.29, 0.717) is 10.9 Å². The number of ether oxygens (including phenoxy) is 1. The molecular formula is C9H13BrO. The summed E-state index contributed by atoms with van der Waals surface area (Å²) in [5.74, 6) is 0.751. The lowest BCUT2D eigenvalue weighted by Crippen LogP contribution is -2.27. The Bertz CT molecular complexity index is 178. The number of hydrogen-bond donors (Lipinski definition) is 0. The Balaban J connectivity index is 2.10. The molecule has 1 saturated heterocycles. The molecule has 2 heteroatoms. The average molecular weight is 217 g/mol. The predicted octanol–water partition coefficient (Wildman–Crippen LogP) is 2.51. The monoisotopic (exact) mass is 216 g/mol. The molecule has 1 heterocycles. The van der Waals surface area contributed by atoms with Crippen molar-refractivity contribution in [2.75, 3.05) is 6.61 Å². The summed E-state index contributed by atoms with van der Waals surface area (Å²) >= 11 is 3.65. The van der Waals surface area contributed by atoms with Gasteiger partial charge in [0.05, 0.1) is 6.10 Å². The van der Waals surface area contributed by atoms with E-state index in [1.807, 2.05) is 0 Å². The molecule has 0 radical (unpaired) electrons. The van der Waals surface area contributed by atoms with Crippen molar-refractivity contribution in [2.45, 2.75) is 30.2 Å². The highest BCUT2D eigenvalue weighted by molar-refractivity contribution is 9.09. The van der Waals surface area contributed by atoms with Gasteiger partial charge in [-0.3, -0.25) is 0 Å². The van der Waals surface area contributed by atoms with Crippen LogP contribution in [0.15, 0.2) is 12.2 Å². The summed E-state index contributed by atoms with van der Waals surface area (Å²) in [5, 5.41) is 0.